The quantitative estimate of drug-likeness (QED) is 0.348. The fraction of sp³-hybridized carbons (Fsp3) is 0.125. The molecule has 61 valence electrons. The van der Waals surface area contributed by atoms with Crippen molar-refractivity contribution in [3.8, 4) is 0 Å². The van der Waals surface area contributed by atoms with Crippen LogP contribution in [0.2, 0.25) is 0 Å². The topological polar surface area (TPSA) is 26.3 Å². The number of benzene rings is 1. The van der Waals surface area contributed by atoms with Crippen molar-refractivity contribution in [1.29, 1.82) is 0 Å². The van der Waals surface area contributed by atoms with Crippen LogP contribution in [0.15, 0.2) is 24.3 Å². The Labute approximate surface area is 101 Å². The van der Waals surface area contributed by atoms with Crippen LogP contribution in [-0.2, 0) is 24.2 Å². The summed E-state index contributed by atoms with van der Waals surface area (Å²) >= 11 is 0. The number of carbonyl (C=O) groups excluding carboxylic acids is 1. The molecule has 0 fully saturated rings. The number of carbonyl (C=O) groups is 1. The second-order valence-electron chi connectivity index (χ2n) is 1.77. The number of hydrogen-bond donors (Lipinski definition) is 0. The van der Waals surface area contributed by atoms with E-state index in [1.165, 1.54) is 7.11 Å². The van der Waals surface area contributed by atoms with Gasteiger partial charge in [-0.15, -0.1) is 0 Å². The number of methoxy groups -OCH3 is 1. The summed E-state index contributed by atoms with van der Waals surface area (Å²) in [5, 5.41) is 0. The summed E-state index contributed by atoms with van der Waals surface area (Å²) in [7, 11) is 1.35. The Balaban J connectivity index is 0. The van der Waals surface area contributed by atoms with E-state index in [4.69, 9.17) is 0 Å². The van der Waals surface area contributed by atoms with Gasteiger partial charge < -0.3 is 28.7 Å². The molecule has 0 aliphatic carbocycles. The minimum absolute atomic E-state index is 0. The summed E-state index contributed by atoms with van der Waals surface area (Å²) in [4.78, 5) is 10.8. The molecule has 0 amide bonds. The van der Waals surface area contributed by atoms with Gasteiger partial charge in [0.25, 0.3) is 0 Å². The third-order valence-corrected chi connectivity index (χ3v) is 1.11. The van der Waals surface area contributed by atoms with Gasteiger partial charge in [0.05, 0.1) is 12.7 Å². The van der Waals surface area contributed by atoms with E-state index < -0.39 is 0 Å². The average molecular weight is 327 g/mol. The van der Waals surface area contributed by atoms with Gasteiger partial charge in [-0.25, -0.2) is 4.79 Å². The second-order valence-corrected chi connectivity index (χ2v) is 1.77. The van der Waals surface area contributed by atoms with Crippen LogP contribution in [0.5, 0.6) is 0 Å². The van der Waals surface area contributed by atoms with Crippen molar-refractivity contribution in [1.82, 2.24) is 0 Å². The molecular formula is C8H7IO2Zn-. The van der Waals surface area contributed by atoms with E-state index in [0.717, 1.165) is 0 Å². The Morgan fingerprint density at radius 3 is 2.58 bits per heavy atom. The van der Waals surface area contributed by atoms with E-state index in [-0.39, 0.29) is 49.4 Å². The Bertz CT molecular complexity index is 226. The van der Waals surface area contributed by atoms with Crippen molar-refractivity contribution < 1.29 is 53.0 Å². The molecule has 0 aliphatic rings. The number of hydrogen-bond acceptors (Lipinski definition) is 2. The van der Waals surface area contributed by atoms with Crippen LogP contribution in [0.1, 0.15) is 10.4 Å². The Hall–Kier alpha value is 0.0434. The van der Waals surface area contributed by atoms with Crippen LogP contribution in [0.4, 0.5) is 0 Å². The predicted octanol–water partition coefficient (Wildman–Crippen LogP) is -1.73. The van der Waals surface area contributed by atoms with E-state index in [2.05, 4.69) is 10.8 Å². The molecular weight excluding hydrogens is 320 g/mol. The molecule has 0 spiro atoms. The first-order valence-corrected chi connectivity index (χ1v) is 2.89. The van der Waals surface area contributed by atoms with E-state index >= 15 is 0 Å². The molecule has 0 N–H and O–H groups in total. The fourth-order valence-corrected chi connectivity index (χ4v) is 0.630. The molecule has 2 nitrogen and oxygen atoms in total. The molecule has 0 heterocycles. The third-order valence-electron chi connectivity index (χ3n) is 1.11. The summed E-state index contributed by atoms with van der Waals surface area (Å²) in [6.07, 6.45) is 0. The summed E-state index contributed by atoms with van der Waals surface area (Å²) < 4.78 is 4.47. The van der Waals surface area contributed by atoms with Gasteiger partial charge in [0.1, 0.15) is 0 Å². The number of ether oxygens (including phenoxy) is 1. The molecule has 0 unspecified atom stereocenters. The Kier molecular flexibility index (Phi) is 9.32. The van der Waals surface area contributed by atoms with Crippen molar-refractivity contribution >= 4 is 5.97 Å². The summed E-state index contributed by atoms with van der Waals surface area (Å²) in [6, 6.07) is 9.64. The van der Waals surface area contributed by atoms with Crippen molar-refractivity contribution in [2.75, 3.05) is 7.11 Å². The second kappa shape index (κ2) is 7.68. The molecule has 0 saturated heterocycles. The van der Waals surface area contributed by atoms with Gasteiger partial charge >= 0.3 is 5.97 Å². The summed E-state index contributed by atoms with van der Waals surface area (Å²) in [6.45, 7) is 0. The first-order valence-electron chi connectivity index (χ1n) is 2.89. The minimum atomic E-state index is -0.347. The van der Waals surface area contributed by atoms with Gasteiger partial charge in [0.2, 0.25) is 0 Å². The van der Waals surface area contributed by atoms with Gasteiger partial charge in [-0.05, 0) is 12.1 Å². The maximum Gasteiger partial charge on any atom is 0.338 e. The maximum atomic E-state index is 10.8. The number of halogens is 1. The molecule has 1 aromatic rings. The SMILES string of the molecule is COC(=O)c1[c]cccc1.[I-].[Zn]. The molecule has 1 radical (unpaired) electrons. The Morgan fingerprint density at radius 2 is 2.17 bits per heavy atom. The molecule has 4 heteroatoms. The normalized spacial score (nSPS) is 7.42. The van der Waals surface area contributed by atoms with Gasteiger partial charge in [-0.3, -0.25) is 0 Å². The van der Waals surface area contributed by atoms with E-state index in [1.807, 2.05) is 0 Å². The van der Waals surface area contributed by atoms with Crippen molar-refractivity contribution in [3.63, 3.8) is 0 Å². The Morgan fingerprint density at radius 1 is 1.50 bits per heavy atom. The zero-order valence-corrected chi connectivity index (χ0v) is 11.8. The predicted molar refractivity (Wildman–Crippen MR) is 36.6 cm³/mol. The first-order chi connectivity index (χ1) is 4.84. The molecule has 0 aromatic heterocycles. The zero-order valence-electron chi connectivity index (χ0n) is 6.71. The summed E-state index contributed by atoms with van der Waals surface area (Å²) in [5.74, 6) is -0.347. The molecule has 0 bridgehead atoms. The van der Waals surface area contributed by atoms with E-state index in [1.54, 1.807) is 24.3 Å². The van der Waals surface area contributed by atoms with Crippen LogP contribution in [0.25, 0.3) is 0 Å². The van der Waals surface area contributed by atoms with Gasteiger partial charge in [-0.1, -0.05) is 18.2 Å². The molecule has 0 aliphatic heterocycles. The van der Waals surface area contributed by atoms with Crippen molar-refractivity contribution in [2.24, 2.45) is 0 Å². The van der Waals surface area contributed by atoms with Crippen LogP contribution in [0.3, 0.4) is 0 Å². The van der Waals surface area contributed by atoms with Gasteiger partial charge in [0.15, 0.2) is 0 Å². The van der Waals surface area contributed by atoms with E-state index in [0.29, 0.717) is 5.56 Å². The standard InChI is InChI=1S/C8H7O2.HI.Zn/c1-10-8(9)7-5-3-2-4-6-7;;/h2-5H,1H3;1H;/p-1. The van der Waals surface area contributed by atoms with Gasteiger partial charge in [-0.2, -0.15) is 0 Å². The minimum Gasteiger partial charge on any atom is -1.00 e. The molecule has 1 rings (SSSR count). The van der Waals surface area contributed by atoms with Crippen molar-refractivity contribution in [2.45, 2.75) is 0 Å². The third kappa shape index (κ3) is 4.16. The summed E-state index contributed by atoms with van der Waals surface area (Å²) in [5.41, 5.74) is 0.463. The van der Waals surface area contributed by atoms with E-state index in [9.17, 15) is 4.79 Å². The van der Waals surface area contributed by atoms with Crippen molar-refractivity contribution in [3.05, 3.63) is 35.9 Å². The van der Waals surface area contributed by atoms with Gasteiger partial charge in [0, 0.05) is 19.5 Å². The molecule has 1 aromatic carbocycles. The molecule has 0 saturated carbocycles. The number of rotatable bonds is 1. The molecule has 12 heavy (non-hydrogen) atoms. The largest absolute Gasteiger partial charge is 1.00 e. The fourth-order valence-electron chi connectivity index (χ4n) is 0.630. The number of esters is 1. The maximum absolute atomic E-state index is 10.8. The molecule has 0 atom stereocenters. The van der Waals surface area contributed by atoms with Crippen LogP contribution in [-0.4, -0.2) is 13.1 Å². The van der Waals surface area contributed by atoms with Crippen LogP contribution >= 0.6 is 0 Å². The zero-order chi connectivity index (χ0) is 7.40. The van der Waals surface area contributed by atoms with Crippen LogP contribution < -0.4 is 24.0 Å². The van der Waals surface area contributed by atoms with Crippen LogP contribution in [0, 0.1) is 6.07 Å². The smallest absolute Gasteiger partial charge is 0.338 e. The monoisotopic (exact) mass is 326 g/mol. The average Bonchev–Trinajstić information content (AvgIpc) is 2.05. The first kappa shape index (κ1) is 14.6.